The van der Waals surface area contributed by atoms with Crippen LogP contribution in [0.5, 0.6) is 11.5 Å². The number of nitro groups is 2. The first kappa shape index (κ1) is 32.9. The highest BCUT2D eigenvalue weighted by Crippen LogP contribution is 2.32. The Bertz CT molecular complexity index is 1040. The molecule has 3 N–H and O–H groups in total. The summed E-state index contributed by atoms with van der Waals surface area (Å²) in [5.74, 6) is -1.99. The molecular formula is C18H20F6N4O7. The number of anilines is 2. The number of nitrogens with two attached hydrogens (primary N) is 1. The van der Waals surface area contributed by atoms with Gasteiger partial charge in [0.1, 0.15) is 22.9 Å². The van der Waals surface area contributed by atoms with Crippen LogP contribution in [0.4, 0.5) is 49.1 Å². The van der Waals surface area contributed by atoms with Gasteiger partial charge in [-0.15, -0.1) is 26.3 Å². The Kier molecular flexibility index (Phi) is 12.0. The van der Waals surface area contributed by atoms with Crippen molar-refractivity contribution in [2.75, 3.05) is 11.1 Å². The molecule has 1 amide bonds. The molecule has 2 aromatic carbocycles. The van der Waals surface area contributed by atoms with Gasteiger partial charge in [0.05, 0.1) is 22.0 Å². The Morgan fingerprint density at radius 1 is 0.857 bits per heavy atom. The molecule has 0 bridgehead atoms. The number of benzene rings is 2. The summed E-state index contributed by atoms with van der Waals surface area (Å²) in [6, 6.07) is 4.89. The molecule has 2 rings (SSSR count). The number of nitrogens with one attached hydrogen (secondary N) is 1. The number of halogens is 6. The van der Waals surface area contributed by atoms with E-state index in [0.717, 1.165) is 31.2 Å². The Hall–Kier alpha value is -4.31. The van der Waals surface area contributed by atoms with Crippen LogP contribution in [0.2, 0.25) is 0 Å². The second-order valence-corrected chi connectivity index (χ2v) is 5.69. The summed E-state index contributed by atoms with van der Waals surface area (Å²) in [5.41, 5.74) is 3.43. The predicted octanol–water partition coefficient (Wildman–Crippen LogP) is 5.80. The Balaban J connectivity index is 0. The molecule has 0 aliphatic heterocycles. The van der Waals surface area contributed by atoms with E-state index in [1.54, 1.807) is 0 Å². The highest BCUT2D eigenvalue weighted by atomic mass is 19.4. The number of nitrogen functional groups attached to an aromatic ring is 1. The smallest absolute Gasteiger partial charge is 0.406 e. The number of amides is 1. The molecule has 0 saturated carbocycles. The number of nitrogens with zero attached hydrogens (tertiary/aromatic N) is 2. The highest BCUT2D eigenvalue weighted by molar-refractivity contribution is 5.91. The maximum Gasteiger partial charge on any atom is 0.573 e. The summed E-state index contributed by atoms with van der Waals surface area (Å²) in [6.07, 6.45) is -9.83. The van der Waals surface area contributed by atoms with Gasteiger partial charge in [0.15, 0.2) is 0 Å². The molecule has 196 valence electrons. The molecule has 0 aromatic heterocycles. The SMILES string of the molecule is C.C.CC(=O)Nc1ccc(OC(F)(F)F)cc1[N+](=O)[O-].Nc1ccc(OC(F)(F)F)cc1[N+](=O)[O-]. The predicted molar refractivity (Wildman–Crippen MR) is 112 cm³/mol. The summed E-state index contributed by atoms with van der Waals surface area (Å²) < 4.78 is 78.0. The van der Waals surface area contributed by atoms with Crippen molar-refractivity contribution in [1.82, 2.24) is 0 Å². The van der Waals surface area contributed by atoms with Gasteiger partial charge >= 0.3 is 12.7 Å². The van der Waals surface area contributed by atoms with Crippen LogP contribution in [0.15, 0.2) is 36.4 Å². The summed E-state index contributed by atoms with van der Waals surface area (Å²) in [7, 11) is 0. The standard InChI is InChI=1S/C9H7F3N2O4.C7H5F3N2O3.2CH4/c1-5(15)13-7-3-2-6(18-9(10,11)12)4-8(7)14(16)17;8-7(9,10)15-4-1-2-5(11)6(3-4)12(13)14;;/h2-4H,1H3,(H,13,15);1-3H,11H2;2*1H4. The van der Waals surface area contributed by atoms with Gasteiger partial charge in [-0.2, -0.15) is 0 Å². The Morgan fingerprint density at radius 3 is 1.63 bits per heavy atom. The molecule has 0 saturated heterocycles. The maximum absolute atomic E-state index is 11.9. The van der Waals surface area contributed by atoms with Crippen molar-refractivity contribution in [2.45, 2.75) is 34.5 Å². The average Bonchev–Trinajstić information content (AvgIpc) is 2.62. The van der Waals surface area contributed by atoms with E-state index in [0.29, 0.717) is 12.1 Å². The van der Waals surface area contributed by atoms with Crippen molar-refractivity contribution in [3.8, 4) is 11.5 Å². The van der Waals surface area contributed by atoms with E-state index in [1.165, 1.54) is 0 Å². The molecule has 0 aliphatic carbocycles. The molecular weight excluding hydrogens is 498 g/mol. The third kappa shape index (κ3) is 11.9. The lowest BCUT2D eigenvalue weighted by Gasteiger charge is -2.10. The van der Waals surface area contributed by atoms with Crippen LogP contribution < -0.4 is 20.5 Å². The van der Waals surface area contributed by atoms with E-state index < -0.39 is 51.4 Å². The van der Waals surface area contributed by atoms with E-state index in [1.807, 2.05) is 0 Å². The number of rotatable bonds is 5. The van der Waals surface area contributed by atoms with Crippen molar-refractivity contribution in [1.29, 1.82) is 0 Å². The molecule has 11 nitrogen and oxygen atoms in total. The van der Waals surface area contributed by atoms with Crippen LogP contribution in [0.3, 0.4) is 0 Å². The number of carbonyl (C=O) groups excluding carboxylic acids is 1. The molecule has 0 spiro atoms. The van der Waals surface area contributed by atoms with Crippen LogP contribution in [0.25, 0.3) is 0 Å². The number of hydrogen-bond acceptors (Lipinski definition) is 8. The van der Waals surface area contributed by atoms with E-state index in [4.69, 9.17) is 5.73 Å². The monoisotopic (exact) mass is 518 g/mol. The zero-order chi connectivity index (χ0) is 25.6. The molecule has 0 unspecified atom stereocenters. The van der Waals surface area contributed by atoms with Crippen molar-refractivity contribution in [3.63, 3.8) is 0 Å². The fourth-order valence-electron chi connectivity index (χ4n) is 2.03. The van der Waals surface area contributed by atoms with Gasteiger partial charge in [0, 0.05) is 6.92 Å². The molecule has 0 aliphatic rings. The van der Waals surface area contributed by atoms with Crippen LogP contribution in [0, 0.1) is 20.2 Å². The lowest BCUT2D eigenvalue weighted by molar-refractivity contribution is -0.384. The van der Waals surface area contributed by atoms with E-state index >= 15 is 0 Å². The van der Waals surface area contributed by atoms with E-state index in [2.05, 4.69) is 14.8 Å². The fraction of sp³-hybridized carbons (Fsp3) is 0.278. The van der Waals surface area contributed by atoms with E-state index in [-0.39, 0.29) is 26.2 Å². The molecule has 0 heterocycles. The first-order valence-corrected chi connectivity index (χ1v) is 8.10. The van der Waals surface area contributed by atoms with Gasteiger partial charge in [0.25, 0.3) is 11.4 Å². The molecule has 0 radical (unpaired) electrons. The molecule has 35 heavy (non-hydrogen) atoms. The third-order valence-corrected chi connectivity index (χ3v) is 3.14. The lowest BCUT2D eigenvalue weighted by atomic mass is 10.2. The molecule has 0 fully saturated rings. The number of alkyl halides is 6. The molecule has 0 atom stereocenters. The van der Waals surface area contributed by atoms with Crippen molar-refractivity contribution in [3.05, 3.63) is 56.6 Å². The van der Waals surface area contributed by atoms with Gasteiger partial charge < -0.3 is 20.5 Å². The van der Waals surface area contributed by atoms with Gasteiger partial charge in [-0.05, 0) is 24.3 Å². The van der Waals surface area contributed by atoms with Crippen molar-refractivity contribution >= 4 is 28.7 Å². The quantitative estimate of drug-likeness (QED) is 0.217. The maximum atomic E-state index is 11.9. The van der Waals surface area contributed by atoms with Crippen molar-refractivity contribution < 1.29 is 50.5 Å². The average molecular weight is 518 g/mol. The number of hydrogen-bond donors (Lipinski definition) is 2. The van der Waals surface area contributed by atoms with Crippen LogP contribution in [0.1, 0.15) is 21.8 Å². The van der Waals surface area contributed by atoms with Gasteiger partial charge in [-0.1, -0.05) is 14.9 Å². The minimum atomic E-state index is -4.94. The normalized spacial score (nSPS) is 10.4. The first-order valence-electron chi connectivity index (χ1n) is 8.10. The van der Waals surface area contributed by atoms with Crippen LogP contribution >= 0.6 is 0 Å². The number of nitro benzene ring substituents is 2. The number of carbonyl (C=O) groups is 1. The zero-order valence-electron chi connectivity index (χ0n) is 16.1. The minimum Gasteiger partial charge on any atom is -0.406 e. The summed E-state index contributed by atoms with van der Waals surface area (Å²) in [5, 5.41) is 23.1. The topological polar surface area (TPSA) is 160 Å². The lowest BCUT2D eigenvalue weighted by Crippen LogP contribution is -2.17. The van der Waals surface area contributed by atoms with Gasteiger partial charge in [0.2, 0.25) is 5.91 Å². The van der Waals surface area contributed by atoms with Crippen LogP contribution in [-0.2, 0) is 4.79 Å². The van der Waals surface area contributed by atoms with Gasteiger partial charge in [-0.25, -0.2) is 0 Å². The summed E-state index contributed by atoms with van der Waals surface area (Å²) >= 11 is 0. The third-order valence-electron chi connectivity index (χ3n) is 3.14. The second-order valence-electron chi connectivity index (χ2n) is 5.69. The number of ether oxygens (including phenoxy) is 2. The minimum absolute atomic E-state index is 0. The Labute approximate surface area is 193 Å². The fourth-order valence-corrected chi connectivity index (χ4v) is 2.03. The molecule has 17 heteroatoms. The van der Waals surface area contributed by atoms with E-state index in [9.17, 15) is 51.4 Å². The zero-order valence-corrected chi connectivity index (χ0v) is 16.1. The highest BCUT2D eigenvalue weighted by Gasteiger charge is 2.32. The molecule has 2 aromatic rings. The second kappa shape index (κ2) is 12.8. The van der Waals surface area contributed by atoms with Crippen molar-refractivity contribution in [2.24, 2.45) is 0 Å². The largest absolute Gasteiger partial charge is 0.573 e. The first-order chi connectivity index (χ1) is 15.0. The Morgan fingerprint density at radius 2 is 1.26 bits per heavy atom. The summed E-state index contributed by atoms with van der Waals surface area (Å²) in [4.78, 5) is 29.9. The summed E-state index contributed by atoms with van der Waals surface area (Å²) in [6.45, 7) is 1.11. The van der Waals surface area contributed by atoms with Gasteiger partial charge in [-0.3, -0.25) is 25.0 Å². The van der Waals surface area contributed by atoms with Crippen LogP contribution in [-0.4, -0.2) is 28.5 Å².